The van der Waals surface area contributed by atoms with E-state index in [-0.39, 0.29) is 12.5 Å². The highest BCUT2D eigenvalue weighted by Gasteiger charge is 2.38. The van der Waals surface area contributed by atoms with Crippen molar-refractivity contribution in [2.45, 2.75) is 0 Å². The van der Waals surface area contributed by atoms with E-state index in [4.69, 9.17) is 23.2 Å². The lowest BCUT2D eigenvalue weighted by molar-refractivity contribution is -0.115. The molecule has 1 heterocycles. The first kappa shape index (κ1) is 13.9. The van der Waals surface area contributed by atoms with Crippen molar-refractivity contribution in [3.05, 3.63) is 58.6 Å². The average molecular weight is 321 g/mol. The Balaban J connectivity index is 1.96. The second-order valence-corrected chi connectivity index (χ2v) is 5.35. The molecule has 0 aliphatic carbocycles. The van der Waals surface area contributed by atoms with E-state index in [2.05, 4.69) is 0 Å². The summed E-state index contributed by atoms with van der Waals surface area (Å²) in [4.78, 5) is 27.1. The van der Waals surface area contributed by atoms with E-state index in [0.29, 0.717) is 21.4 Å². The third-order valence-corrected chi connectivity index (χ3v) is 3.93. The topological polar surface area (TPSA) is 40.6 Å². The molecule has 0 radical (unpaired) electrons. The number of para-hydroxylation sites is 1. The number of anilines is 2. The lowest BCUT2D eigenvalue weighted by Crippen LogP contribution is -2.32. The fraction of sp³-hybridized carbons (Fsp3) is 0.0667. The van der Waals surface area contributed by atoms with E-state index in [1.807, 2.05) is 18.2 Å². The molecular weight excluding hydrogens is 311 g/mol. The van der Waals surface area contributed by atoms with Crippen molar-refractivity contribution in [1.29, 1.82) is 0 Å². The summed E-state index contributed by atoms with van der Waals surface area (Å²) in [7, 11) is 0. The smallest absolute Gasteiger partial charge is 0.284 e. The van der Waals surface area contributed by atoms with Crippen molar-refractivity contribution >= 4 is 46.5 Å². The van der Waals surface area contributed by atoms with Crippen molar-refractivity contribution in [3.63, 3.8) is 0 Å². The fourth-order valence-corrected chi connectivity index (χ4v) is 2.48. The minimum Gasteiger partial charge on any atom is -0.284 e. The van der Waals surface area contributed by atoms with Gasteiger partial charge in [0, 0.05) is 5.69 Å². The van der Waals surface area contributed by atoms with Crippen LogP contribution in [0, 0.1) is 0 Å². The number of amides is 3. The first-order valence-electron chi connectivity index (χ1n) is 6.22. The molecule has 0 spiro atoms. The predicted molar refractivity (Wildman–Crippen MR) is 83.1 cm³/mol. The molecule has 106 valence electrons. The summed E-state index contributed by atoms with van der Waals surface area (Å²) in [5.41, 5.74) is 1.09. The van der Waals surface area contributed by atoms with Gasteiger partial charge in [-0.25, -0.2) is 9.69 Å². The Morgan fingerprint density at radius 2 is 1.57 bits per heavy atom. The number of nitrogens with zero attached hydrogens (tertiary/aromatic N) is 2. The normalized spacial score (nSPS) is 15.0. The molecule has 3 rings (SSSR count). The molecule has 0 saturated carbocycles. The van der Waals surface area contributed by atoms with Crippen LogP contribution >= 0.6 is 23.2 Å². The molecule has 0 N–H and O–H groups in total. The maximum absolute atomic E-state index is 12.5. The summed E-state index contributed by atoms with van der Waals surface area (Å²) in [6.07, 6.45) is 0. The third kappa shape index (κ3) is 2.48. The van der Waals surface area contributed by atoms with Crippen LogP contribution in [-0.2, 0) is 4.79 Å². The van der Waals surface area contributed by atoms with Gasteiger partial charge in [0.05, 0.1) is 15.7 Å². The number of imide groups is 1. The molecule has 3 amide bonds. The molecule has 1 saturated heterocycles. The number of hydrogen-bond acceptors (Lipinski definition) is 2. The van der Waals surface area contributed by atoms with Gasteiger partial charge in [-0.2, -0.15) is 0 Å². The van der Waals surface area contributed by atoms with Gasteiger partial charge in [-0.05, 0) is 30.3 Å². The Bertz CT molecular complexity index is 719. The van der Waals surface area contributed by atoms with Crippen LogP contribution in [0.3, 0.4) is 0 Å². The number of carbonyl (C=O) groups is 2. The standard InChI is InChI=1S/C15H10Cl2N2O2/c16-12-7-6-11(8-13(12)17)19-14(20)9-18(15(19)21)10-4-2-1-3-5-10/h1-8H,9H2. The first-order chi connectivity index (χ1) is 10.1. The first-order valence-corrected chi connectivity index (χ1v) is 6.98. The molecule has 0 atom stereocenters. The summed E-state index contributed by atoms with van der Waals surface area (Å²) in [6, 6.07) is 13.3. The molecule has 0 unspecified atom stereocenters. The molecular formula is C15H10Cl2N2O2. The Morgan fingerprint density at radius 1 is 0.857 bits per heavy atom. The van der Waals surface area contributed by atoms with Crippen molar-refractivity contribution in [2.75, 3.05) is 16.3 Å². The van der Waals surface area contributed by atoms with Crippen LogP contribution in [-0.4, -0.2) is 18.5 Å². The zero-order chi connectivity index (χ0) is 15.0. The quantitative estimate of drug-likeness (QED) is 0.785. The zero-order valence-corrected chi connectivity index (χ0v) is 12.3. The van der Waals surface area contributed by atoms with E-state index in [1.165, 1.54) is 11.0 Å². The highest BCUT2D eigenvalue weighted by atomic mass is 35.5. The minimum atomic E-state index is -0.399. The van der Waals surface area contributed by atoms with Gasteiger partial charge in [-0.15, -0.1) is 0 Å². The summed E-state index contributed by atoms with van der Waals surface area (Å²) in [5, 5.41) is 0.673. The van der Waals surface area contributed by atoms with E-state index in [0.717, 1.165) is 4.90 Å². The van der Waals surface area contributed by atoms with Crippen molar-refractivity contribution in [2.24, 2.45) is 0 Å². The molecule has 1 fully saturated rings. The number of benzene rings is 2. The highest BCUT2D eigenvalue weighted by Crippen LogP contribution is 2.30. The molecule has 0 aromatic heterocycles. The Kier molecular flexibility index (Phi) is 3.57. The maximum Gasteiger partial charge on any atom is 0.336 e. The highest BCUT2D eigenvalue weighted by molar-refractivity contribution is 6.42. The Hall–Kier alpha value is -2.04. The van der Waals surface area contributed by atoms with Crippen LogP contribution in [0.5, 0.6) is 0 Å². The number of hydrogen-bond donors (Lipinski definition) is 0. The molecule has 2 aromatic carbocycles. The number of halogens is 2. The summed E-state index contributed by atoms with van der Waals surface area (Å²) in [5.74, 6) is -0.303. The summed E-state index contributed by atoms with van der Waals surface area (Å²) in [6.45, 7) is 0.00307. The zero-order valence-electron chi connectivity index (χ0n) is 10.8. The fourth-order valence-electron chi connectivity index (χ4n) is 2.19. The van der Waals surface area contributed by atoms with Crippen molar-refractivity contribution in [1.82, 2.24) is 0 Å². The van der Waals surface area contributed by atoms with Gasteiger partial charge in [-0.1, -0.05) is 41.4 Å². The third-order valence-electron chi connectivity index (χ3n) is 3.19. The minimum absolute atomic E-state index is 0.00307. The van der Waals surface area contributed by atoms with Gasteiger partial charge < -0.3 is 0 Å². The molecule has 6 heteroatoms. The van der Waals surface area contributed by atoms with Gasteiger partial charge in [-0.3, -0.25) is 9.69 Å². The average Bonchev–Trinajstić information content (AvgIpc) is 2.78. The van der Waals surface area contributed by atoms with Crippen LogP contribution in [0.15, 0.2) is 48.5 Å². The van der Waals surface area contributed by atoms with E-state index in [1.54, 1.807) is 24.3 Å². The lowest BCUT2D eigenvalue weighted by atomic mass is 10.3. The van der Waals surface area contributed by atoms with Crippen LogP contribution in [0.4, 0.5) is 16.2 Å². The molecule has 4 nitrogen and oxygen atoms in total. The van der Waals surface area contributed by atoms with Crippen LogP contribution in [0.25, 0.3) is 0 Å². The van der Waals surface area contributed by atoms with Crippen molar-refractivity contribution in [3.8, 4) is 0 Å². The summed E-state index contributed by atoms with van der Waals surface area (Å²) < 4.78 is 0. The van der Waals surface area contributed by atoms with Crippen LogP contribution in [0.2, 0.25) is 10.0 Å². The summed E-state index contributed by atoms with van der Waals surface area (Å²) >= 11 is 11.8. The van der Waals surface area contributed by atoms with Gasteiger partial charge in [0.1, 0.15) is 6.54 Å². The second-order valence-electron chi connectivity index (χ2n) is 4.53. The van der Waals surface area contributed by atoms with Gasteiger partial charge in [0.25, 0.3) is 5.91 Å². The van der Waals surface area contributed by atoms with E-state index >= 15 is 0 Å². The number of rotatable bonds is 2. The number of carbonyl (C=O) groups excluding carboxylic acids is 2. The predicted octanol–water partition coefficient (Wildman–Crippen LogP) is 3.97. The molecule has 21 heavy (non-hydrogen) atoms. The van der Waals surface area contributed by atoms with E-state index < -0.39 is 6.03 Å². The molecule has 1 aliphatic rings. The number of urea groups is 1. The molecule has 2 aromatic rings. The molecule has 1 aliphatic heterocycles. The van der Waals surface area contributed by atoms with Gasteiger partial charge >= 0.3 is 6.03 Å². The van der Waals surface area contributed by atoms with Crippen LogP contribution in [0.1, 0.15) is 0 Å². The van der Waals surface area contributed by atoms with Gasteiger partial charge in [0.2, 0.25) is 0 Å². The lowest BCUT2D eigenvalue weighted by Gasteiger charge is -2.17. The Labute approximate surface area is 131 Å². The maximum atomic E-state index is 12.5. The van der Waals surface area contributed by atoms with Crippen LogP contribution < -0.4 is 9.80 Å². The van der Waals surface area contributed by atoms with Gasteiger partial charge in [0.15, 0.2) is 0 Å². The Morgan fingerprint density at radius 3 is 2.24 bits per heavy atom. The van der Waals surface area contributed by atoms with E-state index in [9.17, 15) is 9.59 Å². The largest absolute Gasteiger partial charge is 0.336 e. The van der Waals surface area contributed by atoms with Crippen molar-refractivity contribution < 1.29 is 9.59 Å². The monoisotopic (exact) mass is 320 g/mol. The SMILES string of the molecule is O=C1CN(c2ccccc2)C(=O)N1c1ccc(Cl)c(Cl)c1. The second kappa shape index (κ2) is 5.39. The molecule has 0 bridgehead atoms.